The van der Waals surface area contributed by atoms with Gasteiger partial charge in [-0.05, 0) is 35.9 Å². The number of para-hydroxylation sites is 1. The van der Waals surface area contributed by atoms with Crippen molar-refractivity contribution in [1.29, 1.82) is 5.26 Å². The first-order valence-electron chi connectivity index (χ1n) is 7.21. The minimum absolute atomic E-state index is 0.0900. The smallest absolute Gasteiger partial charge is 0.387 e. The topological polar surface area (TPSA) is 55.1 Å². The molecule has 4 nitrogen and oxygen atoms in total. The Morgan fingerprint density at radius 1 is 1.24 bits per heavy atom. The molecular weight excluding hydrogens is 346 g/mol. The Balaban J connectivity index is 2.00. The van der Waals surface area contributed by atoms with Crippen molar-refractivity contribution in [2.45, 2.75) is 6.61 Å². The van der Waals surface area contributed by atoms with Crippen LogP contribution in [0.25, 0.3) is 21.9 Å². The van der Waals surface area contributed by atoms with E-state index in [0.717, 1.165) is 10.2 Å². The maximum absolute atomic E-state index is 12.5. The van der Waals surface area contributed by atoms with Crippen LogP contribution in [0.1, 0.15) is 10.6 Å². The molecule has 0 saturated heterocycles. The maximum Gasteiger partial charge on any atom is 0.387 e. The lowest BCUT2D eigenvalue weighted by molar-refractivity contribution is -0.0512. The first kappa shape index (κ1) is 16.9. The minimum atomic E-state index is -2.96. The Morgan fingerprint density at radius 3 is 2.72 bits per heavy atom. The van der Waals surface area contributed by atoms with E-state index in [-0.39, 0.29) is 11.5 Å². The zero-order chi connectivity index (χ0) is 17.8. The molecule has 0 aliphatic carbocycles. The van der Waals surface area contributed by atoms with Crippen LogP contribution in [0.5, 0.6) is 11.5 Å². The summed E-state index contributed by atoms with van der Waals surface area (Å²) in [7, 11) is 1.37. The first-order valence-corrected chi connectivity index (χ1v) is 8.03. The van der Waals surface area contributed by atoms with Crippen molar-refractivity contribution >= 4 is 33.2 Å². The van der Waals surface area contributed by atoms with E-state index in [9.17, 15) is 14.0 Å². The fourth-order valence-corrected chi connectivity index (χ4v) is 3.20. The van der Waals surface area contributed by atoms with Crippen molar-refractivity contribution in [1.82, 2.24) is 4.98 Å². The number of hydrogen-bond donors (Lipinski definition) is 0. The van der Waals surface area contributed by atoms with Gasteiger partial charge < -0.3 is 9.47 Å². The summed E-state index contributed by atoms with van der Waals surface area (Å²) in [6, 6.07) is 14.2. The lowest BCUT2D eigenvalue weighted by Crippen LogP contribution is -2.03. The molecule has 126 valence electrons. The van der Waals surface area contributed by atoms with Gasteiger partial charge in [0.1, 0.15) is 11.1 Å². The van der Waals surface area contributed by atoms with Gasteiger partial charge in [-0.25, -0.2) is 4.98 Å². The van der Waals surface area contributed by atoms with Gasteiger partial charge in [-0.3, -0.25) is 0 Å². The third-order valence-electron chi connectivity index (χ3n) is 3.36. The van der Waals surface area contributed by atoms with Gasteiger partial charge in [-0.15, -0.1) is 11.3 Å². The molecule has 1 aromatic heterocycles. The number of alkyl halides is 2. The minimum Gasteiger partial charge on any atom is -0.493 e. The number of methoxy groups -OCH3 is 1. The molecule has 0 aliphatic rings. The van der Waals surface area contributed by atoms with Gasteiger partial charge in [0, 0.05) is 0 Å². The Kier molecular flexibility index (Phi) is 4.91. The fourth-order valence-electron chi connectivity index (χ4n) is 2.27. The quantitative estimate of drug-likeness (QED) is 0.604. The molecule has 0 fully saturated rings. The van der Waals surface area contributed by atoms with E-state index in [1.165, 1.54) is 30.6 Å². The number of nitrogens with zero attached hydrogens (tertiary/aromatic N) is 2. The van der Waals surface area contributed by atoms with E-state index in [4.69, 9.17) is 4.74 Å². The number of aromatic nitrogens is 1. The number of halogens is 2. The lowest BCUT2D eigenvalue weighted by Gasteiger charge is -2.10. The summed E-state index contributed by atoms with van der Waals surface area (Å²) in [6.07, 6.45) is 1.58. The first-order chi connectivity index (χ1) is 12.1. The molecule has 0 spiro atoms. The number of benzene rings is 2. The van der Waals surface area contributed by atoms with Crippen molar-refractivity contribution in [2.24, 2.45) is 0 Å². The monoisotopic (exact) mass is 358 g/mol. The third-order valence-corrected chi connectivity index (χ3v) is 4.43. The summed E-state index contributed by atoms with van der Waals surface area (Å²) in [6.45, 7) is -2.96. The average molecular weight is 358 g/mol. The van der Waals surface area contributed by atoms with E-state index in [1.54, 1.807) is 12.1 Å². The fraction of sp³-hybridized carbons (Fsp3) is 0.111. The largest absolute Gasteiger partial charge is 0.493 e. The number of ether oxygens (including phenoxy) is 2. The molecule has 3 aromatic rings. The van der Waals surface area contributed by atoms with Gasteiger partial charge in [0.25, 0.3) is 0 Å². The maximum atomic E-state index is 12.5. The van der Waals surface area contributed by atoms with Crippen LogP contribution in [0.4, 0.5) is 8.78 Å². The van der Waals surface area contributed by atoms with Crippen molar-refractivity contribution < 1.29 is 18.3 Å². The van der Waals surface area contributed by atoms with E-state index < -0.39 is 6.61 Å². The van der Waals surface area contributed by atoms with Crippen LogP contribution in [0, 0.1) is 11.3 Å². The number of allylic oxidation sites excluding steroid dienone is 1. The van der Waals surface area contributed by atoms with Crippen LogP contribution in [0.2, 0.25) is 0 Å². The van der Waals surface area contributed by atoms with Gasteiger partial charge in [-0.1, -0.05) is 18.2 Å². The molecule has 0 unspecified atom stereocenters. The molecule has 0 aliphatic heterocycles. The van der Waals surface area contributed by atoms with Crippen LogP contribution in [-0.2, 0) is 0 Å². The van der Waals surface area contributed by atoms with E-state index >= 15 is 0 Å². The number of nitriles is 1. The Bertz CT molecular complexity index is 944. The molecule has 0 N–H and O–H groups in total. The molecule has 0 saturated carbocycles. The van der Waals surface area contributed by atoms with Gasteiger partial charge in [0.15, 0.2) is 11.5 Å². The number of fused-ring (bicyclic) bond motifs is 1. The van der Waals surface area contributed by atoms with Crippen LogP contribution >= 0.6 is 11.3 Å². The predicted octanol–water partition coefficient (Wildman–Crippen LogP) is 4.97. The Morgan fingerprint density at radius 2 is 2.04 bits per heavy atom. The second-order valence-corrected chi connectivity index (χ2v) is 5.98. The van der Waals surface area contributed by atoms with E-state index in [2.05, 4.69) is 15.8 Å². The highest BCUT2D eigenvalue weighted by Gasteiger charge is 2.12. The highest BCUT2D eigenvalue weighted by molar-refractivity contribution is 7.19. The van der Waals surface area contributed by atoms with Crippen molar-refractivity contribution in [2.75, 3.05) is 7.11 Å². The summed E-state index contributed by atoms with van der Waals surface area (Å²) in [4.78, 5) is 4.44. The van der Waals surface area contributed by atoms with Gasteiger partial charge in [-0.2, -0.15) is 14.0 Å². The van der Waals surface area contributed by atoms with Gasteiger partial charge in [0.2, 0.25) is 0 Å². The second kappa shape index (κ2) is 7.28. The van der Waals surface area contributed by atoms with Gasteiger partial charge in [0.05, 0.1) is 22.9 Å². The number of hydrogen-bond acceptors (Lipinski definition) is 5. The zero-order valence-corrected chi connectivity index (χ0v) is 13.9. The Hall–Kier alpha value is -2.98. The molecule has 3 rings (SSSR count). The summed E-state index contributed by atoms with van der Waals surface area (Å²) in [5, 5.41) is 10.0. The van der Waals surface area contributed by atoms with E-state index in [1.807, 2.05) is 24.3 Å². The summed E-state index contributed by atoms with van der Waals surface area (Å²) < 4.78 is 35.5. The summed E-state index contributed by atoms with van der Waals surface area (Å²) >= 11 is 1.39. The molecule has 2 aromatic carbocycles. The average Bonchev–Trinajstić information content (AvgIpc) is 3.03. The number of thiazole rings is 1. The standard InChI is InChI=1S/C18H12F2N2O2S/c1-23-14-7-6-11(9-15(14)24-18(19)20)8-12(10-21)17-22-13-4-2-3-5-16(13)25-17/h2-9,18H,1H3/b12-8+. The predicted molar refractivity (Wildman–Crippen MR) is 92.7 cm³/mol. The SMILES string of the molecule is COc1ccc(/C=C(\C#N)c2nc3ccccc3s2)cc1OC(F)F. The number of rotatable bonds is 5. The van der Waals surface area contributed by atoms with Crippen LogP contribution in [-0.4, -0.2) is 18.7 Å². The molecular formula is C18H12F2N2O2S. The zero-order valence-electron chi connectivity index (χ0n) is 13.1. The molecule has 0 atom stereocenters. The molecule has 25 heavy (non-hydrogen) atoms. The summed E-state index contributed by atoms with van der Waals surface area (Å²) in [5.74, 6) is 0.101. The normalized spacial score (nSPS) is 11.6. The lowest BCUT2D eigenvalue weighted by atomic mass is 10.1. The molecule has 7 heteroatoms. The van der Waals surface area contributed by atoms with Crippen molar-refractivity contribution in [3.63, 3.8) is 0 Å². The molecule has 1 heterocycles. The van der Waals surface area contributed by atoms with Crippen molar-refractivity contribution in [3.05, 3.63) is 53.0 Å². The second-order valence-electron chi connectivity index (χ2n) is 4.95. The van der Waals surface area contributed by atoms with Gasteiger partial charge >= 0.3 is 6.61 Å². The van der Waals surface area contributed by atoms with Crippen molar-refractivity contribution in [3.8, 4) is 17.6 Å². The highest BCUT2D eigenvalue weighted by atomic mass is 32.1. The highest BCUT2D eigenvalue weighted by Crippen LogP contribution is 2.32. The molecule has 0 bridgehead atoms. The van der Waals surface area contributed by atoms with E-state index in [0.29, 0.717) is 16.1 Å². The Labute approximate surface area is 146 Å². The van der Waals surface area contributed by atoms with Crippen LogP contribution < -0.4 is 9.47 Å². The summed E-state index contributed by atoms with van der Waals surface area (Å²) in [5.41, 5.74) is 1.68. The third kappa shape index (κ3) is 3.75. The van der Waals surface area contributed by atoms with Crippen LogP contribution in [0.15, 0.2) is 42.5 Å². The van der Waals surface area contributed by atoms with Crippen LogP contribution in [0.3, 0.4) is 0 Å². The molecule has 0 amide bonds. The molecule has 0 radical (unpaired) electrons.